The number of hydrogen-bond donors (Lipinski definition) is 2. The van der Waals surface area contributed by atoms with Gasteiger partial charge in [0.1, 0.15) is 4.90 Å². The summed E-state index contributed by atoms with van der Waals surface area (Å²) in [5, 5.41) is 2.17. The smallest absolute Gasteiger partial charge is 0.339 e. The van der Waals surface area contributed by atoms with Gasteiger partial charge in [-0.25, -0.2) is 27.7 Å². The Morgan fingerprint density at radius 3 is 2.22 bits per heavy atom. The molecular weight excluding hydrogens is 444 g/mol. The van der Waals surface area contributed by atoms with E-state index in [-0.39, 0.29) is 29.0 Å². The molecule has 0 saturated carbocycles. The number of sulfonamides is 1. The van der Waals surface area contributed by atoms with Crippen LogP contribution in [0.5, 0.6) is 11.8 Å². The highest BCUT2D eigenvalue weighted by Gasteiger charge is 2.26. The van der Waals surface area contributed by atoms with E-state index in [1.807, 2.05) is 0 Å². The van der Waals surface area contributed by atoms with Crippen molar-refractivity contribution in [3.05, 3.63) is 29.8 Å². The Labute approximate surface area is 184 Å². The number of aromatic nitrogens is 2. The van der Waals surface area contributed by atoms with Crippen LogP contribution in [0.25, 0.3) is 0 Å². The first kappa shape index (κ1) is 24.3. The standard InChI is InChI=1S/C18H22N6O7S/c1-24(2)10-19-11-6-7-12(16(25)31-5)13(8-11)32(27,28)23-18(26)22-17-20-14(29-3)9-15(21-17)30-4/h6-10H,1-5H3,(H2,20,21,22,23,26)/b19-10+. The van der Waals surface area contributed by atoms with E-state index in [9.17, 15) is 18.0 Å². The Hall–Kier alpha value is -3.94. The maximum Gasteiger partial charge on any atom is 0.339 e. The number of aliphatic imine (C=N–C) groups is 1. The molecule has 1 aromatic heterocycles. The third-order valence-electron chi connectivity index (χ3n) is 3.65. The van der Waals surface area contributed by atoms with Crippen molar-refractivity contribution < 1.29 is 32.2 Å². The minimum absolute atomic E-state index is 0.0782. The summed E-state index contributed by atoms with van der Waals surface area (Å²) in [6.07, 6.45) is 1.44. The first-order valence-corrected chi connectivity index (χ1v) is 10.3. The van der Waals surface area contributed by atoms with E-state index in [0.717, 1.165) is 13.2 Å². The van der Waals surface area contributed by atoms with Crippen molar-refractivity contribution in [2.24, 2.45) is 4.99 Å². The minimum Gasteiger partial charge on any atom is -0.481 e. The molecule has 0 aliphatic carbocycles. The summed E-state index contributed by atoms with van der Waals surface area (Å²) in [5.41, 5.74) is -0.0519. The Balaban J connectivity index is 2.36. The van der Waals surface area contributed by atoms with Gasteiger partial charge in [0.05, 0.1) is 45.0 Å². The molecule has 32 heavy (non-hydrogen) atoms. The summed E-state index contributed by atoms with van der Waals surface area (Å²) in [6.45, 7) is 0. The number of methoxy groups -OCH3 is 3. The lowest BCUT2D eigenvalue weighted by atomic mass is 10.2. The monoisotopic (exact) mass is 466 g/mol. The molecule has 1 heterocycles. The third kappa shape index (κ3) is 6.28. The zero-order valence-electron chi connectivity index (χ0n) is 17.9. The second-order valence-corrected chi connectivity index (χ2v) is 7.87. The van der Waals surface area contributed by atoms with Gasteiger partial charge in [-0.2, -0.15) is 9.97 Å². The van der Waals surface area contributed by atoms with Crippen LogP contribution in [0.2, 0.25) is 0 Å². The SMILES string of the molecule is COC(=O)c1ccc(/N=C/N(C)C)cc1S(=O)(=O)NC(=O)Nc1nc(OC)cc(OC)n1. The summed E-state index contributed by atoms with van der Waals surface area (Å²) in [4.78, 5) is 37.4. The maximum absolute atomic E-state index is 12.9. The molecule has 0 unspecified atom stereocenters. The molecule has 0 fully saturated rings. The van der Waals surface area contributed by atoms with Gasteiger partial charge in [0, 0.05) is 14.1 Å². The number of anilines is 1. The number of hydrogen-bond acceptors (Lipinski definition) is 10. The van der Waals surface area contributed by atoms with Crippen LogP contribution >= 0.6 is 0 Å². The van der Waals surface area contributed by atoms with Crippen molar-refractivity contribution in [3.8, 4) is 11.8 Å². The highest BCUT2D eigenvalue weighted by molar-refractivity contribution is 7.90. The number of ether oxygens (including phenoxy) is 3. The third-order valence-corrected chi connectivity index (χ3v) is 5.02. The number of carbonyl (C=O) groups excluding carboxylic acids is 2. The molecule has 0 aliphatic rings. The summed E-state index contributed by atoms with van der Waals surface area (Å²) >= 11 is 0. The van der Waals surface area contributed by atoms with E-state index in [1.54, 1.807) is 23.7 Å². The van der Waals surface area contributed by atoms with Crippen molar-refractivity contribution in [2.75, 3.05) is 40.7 Å². The fourth-order valence-electron chi connectivity index (χ4n) is 2.25. The number of benzene rings is 1. The van der Waals surface area contributed by atoms with E-state index in [2.05, 4.69) is 25.0 Å². The van der Waals surface area contributed by atoms with Gasteiger partial charge in [-0.3, -0.25) is 5.32 Å². The number of amides is 2. The van der Waals surface area contributed by atoms with Crippen LogP contribution in [-0.2, 0) is 14.8 Å². The molecule has 14 heteroatoms. The number of esters is 1. The van der Waals surface area contributed by atoms with Crippen molar-refractivity contribution >= 4 is 40.0 Å². The zero-order chi connectivity index (χ0) is 23.9. The van der Waals surface area contributed by atoms with Crippen molar-refractivity contribution in [3.63, 3.8) is 0 Å². The van der Waals surface area contributed by atoms with Crippen LogP contribution in [0.3, 0.4) is 0 Å². The van der Waals surface area contributed by atoms with Gasteiger partial charge < -0.3 is 19.1 Å². The fraction of sp³-hybridized carbons (Fsp3) is 0.278. The molecule has 2 aromatic rings. The van der Waals surface area contributed by atoms with E-state index in [0.29, 0.717) is 0 Å². The lowest BCUT2D eigenvalue weighted by molar-refractivity contribution is 0.0596. The summed E-state index contributed by atoms with van der Waals surface area (Å²) in [7, 11) is 2.72. The summed E-state index contributed by atoms with van der Waals surface area (Å²) in [6, 6.07) is 3.98. The van der Waals surface area contributed by atoms with E-state index >= 15 is 0 Å². The molecule has 2 amide bonds. The zero-order valence-corrected chi connectivity index (χ0v) is 18.8. The fourth-order valence-corrected chi connectivity index (χ4v) is 3.37. The Kier molecular flexibility index (Phi) is 7.90. The van der Waals surface area contributed by atoms with Gasteiger partial charge in [0.15, 0.2) is 0 Å². The second kappa shape index (κ2) is 10.4. The van der Waals surface area contributed by atoms with Crippen molar-refractivity contribution in [2.45, 2.75) is 4.90 Å². The second-order valence-electron chi connectivity index (χ2n) is 6.22. The first-order chi connectivity index (χ1) is 15.1. The lowest BCUT2D eigenvalue weighted by Gasteiger charge is -2.12. The quantitative estimate of drug-likeness (QED) is 0.326. The minimum atomic E-state index is -4.53. The van der Waals surface area contributed by atoms with Gasteiger partial charge in [0.25, 0.3) is 10.0 Å². The van der Waals surface area contributed by atoms with Gasteiger partial charge in [-0.05, 0) is 18.2 Å². The topological polar surface area (TPSA) is 161 Å². The molecule has 0 radical (unpaired) electrons. The molecule has 2 rings (SSSR count). The van der Waals surface area contributed by atoms with Crippen LogP contribution in [0.1, 0.15) is 10.4 Å². The number of nitrogens with one attached hydrogen (secondary N) is 2. The van der Waals surface area contributed by atoms with Crippen LogP contribution in [0, 0.1) is 0 Å². The van der Waals surface area contributed by atoms with Crippen LogP contribution in [-0.4, -0.2) is 77.0 Å². The normalized spacial score (nSPS) is 11.0. The molecule has 0 saturated heterocycles. The van der Waals surface area contributed by atoms with E-state index in [1.165, 1.54) is 38.8 Å². The predicted octanol–water partition coefficient (Wildman–Crippen LogP) is 1.01. The average molecular weight is 466 g/mol. The Morgan fingerprint density at radius 1 is 1.06 bits per heavy atom. The van der Waals surface area contributed by atoms with Crippen LogP contribution in [0.15, 0.2) is 34.2 Å². The maximum atomic E-state index is 12.9. The molecule has 1 aromatic carbocycles. The van der Waals surface area contributed by atoms with Crippen molar-refractivity contribution in [1.29, 1.82) is 0 Å². The largest absolute Gasteiger partial charge is 0.481 e. The first-order valence-electron chi connectivity index (χ1n) is 8.83. The molecule has 172 valence electrons. The van der Waals surface area contributed by atoms with Gasteiger partial charge in [0.2, 0.25) is 17.7 Å². The highest BCUT2D eigenvalue weighted by Crippen LogP contribution is 2.24. The summed E-state index contributed by atoms with van der Waals surface area (Å²) in [5.74, 6) is -1.02. The average Bonchev–Trinajstić information content (AvgIpc) is 2.76. The van der Waals surface area contributed by atoms with Crippen molar-refractivity contribution in [1.82, 2.24) is 19.6 Å². The van der Waals surface area contributed by atoms with E-state index < -0.39 is 26.9 Å². The number of rotatable bonds is 8. The summed E-state index contributed by atoms with van der Waals surface area (Å²) < 4.78 is 42.1. The van der Waals surface area contributed by atoms with Crippen LogP contribution < -0.4 is 19.5 Å². The van der Waals surface area contributed by atoms with Gasteiger partial charge in [-0.1, -0.05) is 0 Å². The molecule has 0 atom stereocenters. The Morgan fingerprint density at radius 2 is 1.69 bits per heavy atom. The van der Waals surface area contributed by atoms with Crippen LogP contribution in [0.4, 0.5) is 16.4 Å². The number of carbonyl (C=O) groups is 2. The van der Waals surface area contributed by atoms with Gasteiger partial charge in [-0.15, -0.1) is 0 Å². The molecule has 0 spiro atoms. The Bertz CT molecular complexity index is 1110. The molecular formula is C18H22N6O7S. The van der Waals surface area contributed by atoms with E-state index in [4.69, 9.17) is 9.47 Å². The predicted molar refractivity (Wildman–Crippen MR) is 114 cm³/mol. The van der Waals surface area contributed by atoms with Gasteiger partial charge >= 0.3 is 12.0 Å². The number of nitrogens with zero attached hydrogens (tertiary/aromatic N) is 4. The molecule has 13 nitrogen and oxygen atoms in total. The highest BCUT2D eigenvalue weighted by atomic mass is 32.2. The molecule has 0 bridgehead atoms. The molecule has 2 N–H and O–H groups in total. The number of urea groups is 1. The lowest BCUT2D eigenvalue weighted by Crippen LogP contribution is -2.35. The molecule has 0 aliphatic heterocycles.